The van der Waals surface area contributed by atoms with E-state index in [1.165, 1.54) is 0 Å². The average molecular weight is 289 g/mol. The van der Waals surface area contributed by atoms with Crippen LogP contribution < -0.4 is 0 Å². The van der Waals surface area contributed by atoms with Gasteiger partial charge in [0.25, 0.3) is 0 Å². The Bertz CT molecular complexity index is 342. The van der Waals surface area contributed by atoms with Gasteiger partial charge in [-0.05, 0) is 49.1 Å². The summed E-state index contributed by atoms with van der Waals surface area (Å²) in [5.41, 5.74) is 2.06. The van der Waals surface area contributed by atoms with Gasteiger partial charge in [0.05, 0.1) is 6.10 Å². The van der Waals surface area contributed by atoms with Gasteiger partial charge in [0.2, 0.25) is 0 Å². The molecule has 1 aromatic rings. The Morgan fingerprint density at radius 2 is 1.69 bits per heavy atom. The lowest BCUT2D eigenvalue weighted by molar-refractivity contribution is 0.0173. The van der Waals surface area contributed by atoms with Crippen molar-refractivity contribution in [2.75, 3.05) is 5.33 Å². The van der Waals surface area contributed by atoms with E-state index in [0.717, 1.165) is 0 Å². The van der Waals surface area contributed by atoms with Crippen molar-refractivity contribution in [3.8, 4) is 5.75 Å². The second-order valence-corrected chi connectivity index (χ2v) is 4.79. The number of rotatable bonds is 4. The zero-order chi connectivity index (χ0) is 12.3. The SMILES string of the molecule is Cc1cc(C(O)C(O)CCBr)cc(C)c1O. The largest absolute Gasteiger partial charge is 0.507 e. The number of hydrogen-bond donors (Lipinski definition) is 3. The summed E-state index contributed by atoms with van der Waals surface area (Å²) in [4.78, 5) is 0. The zero-order valence-corrected chi connectivity index (χ0v) is 11.0. The molecule has 0 radical (unpaired) electrons. The van der Waals surface area contributed by atoms with Crippen LogP contribution in [-0.2, 0) is 0 Å². The van der Waals surface area contributed by atoms with E-state index in [2.05, 4.69) is 15.9 Å². The Hall–Kier alpha value is -0.580. The number of aliphatic hydroxyl groups is 2. The molecule has 1 aromatic carbocycles. The van der Waals surface area contributed by atoms with E-state index in [4.69, 9.17) is 0 Å². The van der Waals surface area contributed by atoms with Crippen molar-refractivity contribution in [2.45, 2.75) is 32.5 Å². The minimum absolute atomic E-state index is 0.242. The normalized spacial score (nSPS) is 14.8. The molecular weight excluding hydrogens is 272 g/mol. The Kier molecular flexibility index (Phi) is 4.77. The van der Waals surface area contributed by atoms with E-state index in [1.54, 1.807) is 26.0 Å². The maximum atomic E-state index is 9.91. The highest BCUT2D eigenvalue weighted by molar-refractivity contribution is 9.09. The predicted octanol–water partition coefficient (Wildman–Crippen LogP) is 2.19. The van der Waals surface area contributed by atoms with Crippen LogP contribution in [0.1, 0.15) is 29.2 Å². The number of aromatic hydroxyl groups is 1. The Balaban J connectivity index is 2.96. The smallest absolute Gasteiger partial charge is 0.121 e. The number of phenolic OH excluding ortho intramolecular Hbond substituents is 1. The number of phenols is 1. The quantitative estimate of drug-likeness (QED) is 0.745. The van der Waals surface area contributed by atoms with Gasteiger partial charge in [0.1, 0.15) is 11.9 Å². The molecule has 4 heteroatoms. The van der Waals surface area contributed by atoms with Crippen LogP contribution in [0.5, 0.6) is 5.75 Å². The number of halogens is 1. The molecule has 0 aromatic heterocycles. The number of aryl methyl sites for hydroxylation is 2. The molecule has 0 spiro atoms. The first-order chi connectivity index (χ1) is 7.47. The third kappa shape index (κ3) is 2.97. The van der Waals surface area contributed by atoms with Crippen molar-refractivity contribution in [1.82, 2.24) is 0 Å². The molecule has 3 nitrogen and oxygen atoms in total. The standard InChI is InChI=1S/C12H17BrO3/c1-7-5-9(6-8(2)11(7)15)12(16)10(14)3-4-13/h5-6,10,12,14-16H,3-4H2,1-2H3. The molecule has 0 bridgehead atoms. The van der Waals surface area contributed by atoms with Crippen LogP contribution in [0.15, 0.2) is 12.1 Å². The lowest BCUT2D eigenvalue weighted by atomic mass is 9.98. The molecule has 16 heavy (non-hydrogen) atoms. The average Bonchev–Trinajstić information content (AvgIpc) is 2.24. The highest BCUT2D eigenvalue weighted by atomic mass is 79.9. The molecule has 2 atom stereocenters. The highest BCUT2D eigenvalue weighted by Crippen LogP contribution is 2.28. The van der Waals surface area contributed by atoms with Crippen molar-refractivity contribution >= 4 is 15.9 Å². The van der Waals surface area contributed by atoms with Gasteiger partial charge in [0, 0.05) is 5.33 Å². The van der Waals surface area contributed by atoms with Crippen molar-refractivity contribution in [3.63, 3.8) is 0 Å². The fourth-order valence-corrected chi connectivity index (χ4v) is 2.12. The maximum absolute atomic E-state index is 9.91. The van der Waals surface area contributed by atoms with Crippen molar-refractivity contribution in [3.05, 3.63) is 28.8 Å². The van der Waals surface area contributed by atoms with Gasteiger partial charge in [-0.1, -0.05) is 15.9 Å². The Labute approximate surface area is 104 Å². The summed E-state index contributed by atoms with van der Waals surface area (Å²) in [6.45, 7) is 3.55. The van der Waals surface area contributed by atoms with Gasteiger partial charge in [-0.15, -0.1) is 0 Å². The minimum atomic E-state index is -0.907. The van der Waals surface area contributed by atoms with Crippen LogP contribution in [0.3, 0.4) is 0 Å². The molecule has 90 valence electrons. The lowest BCUT2D eigenvalue weighted by Crippen LogP contribution is -2.18. The molecule has 0 saturated carbocycles. The van der Waals surface area contributed by atoms with Gasteiger partial charge in [-0.3, -0.25) is 0 Å². The first-order valence-electron chi connectivity index (χ1n) is 5.19. The molecule has 0 aliphatic heterocycles. The molecule has 3 N–H and O–H groups in total. The van der Waals surface area contributed by atoms with Crippen LogP contribution >= 0.6 is 15.9 Å². The van der Waals surface area contributed by atoms with E-state index in [0.29, 0.717) is 28.4 Å². The van der Waals surface area contributed by atoms with Crippen LogP contribution in [0.25, 0.3) is 0 Å². The van der Waals surface area contributed by atoms with E-state index >= 15 is 0 Å². The van der Waals surface area contributed by atoms with Gasteiger partial charge < -0.3 is 15.3 Å². The summed E-state index contributed by atoms with van der Waals surface area (Å²) in [5.74, 6) is 0.242. The van der Waals surface area contributed by atoms with Gasteiger partial charge in [-0.2, -0.15) is 0 Å². The molecular formula is C12H17BrO3. The minimum Gasteiger partial charge on any atom is -0.507 e. The molecule has 1 rings (SSSR count). The third-order valence-electron chi connectivity index (χ3n) is 2.62. The first-order valence-corrected chi connectivity index (χ1v) is 6.31. The van der Waals surface area contributed by atoms with E-state index in [1.807, 2.05) is 0 Å². The third-order valence-corrected chi connectivity index (χ3v) is 3.08. The van der Waals surface area contributed by atoms with E-state index in [-0.39, 0.29) is 5.75 Å². The van der Waals surface area contributed by atoms with Gasteiger partial charge >= 0.3 is 0 Å². The molecule has 0 saturated heterocycles. The van der Waals surface area contributed by atoms with Crippen molar-refractivity contribution in [1.29, 1.82) is 0 Å². The number of alkyl halides is 1. The molecule has 0 amide bonds. The molecule has 0 fully saturated rings. The Morgan fingerprint density at radius 3 is 2.12 bits per heavy atom. The maximum Gasteiger partial charge on any atom is 0.121 e. The van der Waals surface area contributed by atoms with Crippen LogP contribution in [0.4, 0.5) is 0 Å². The second-order valence-electron chi connectivity index (χ2n) is 3.99. The molecule has 0 aliphatic carbocycles. The summed E-state index contributed by atoms with van der Waals surface area (Å²) in [5, 5.41) is 29.8. The summed E-state index contributed by atoms with van der Waals surface area (Å²) in [6, 6.07) is 3.40. The monoisotopic (exact) mass is 288 g/mol. The summed E-state index contributed by atoms with van der Waals surface area (Å²) >= 11 is 3.22. The van der Waals surface area contributed by atoms with Gasteiger partial charge in [0.15, 0.2) is 0 Å². The topological polar surface area (TPSA) is 60.7 Å². The Morgan fingerprint density at radius 1 is 1.19 bits per heavy atom. The van der Waals surface area contributed by atoms with Crippen LogP contribution in [0, 0.1) is 13.8 Å². The summed E-state index contributed by atoms with van der Waals surface area (Å²) in [6.07, 6.45) is -1.21. The molecule has 0 heterocycles. The lowest BCUT2D eigenvalue weighted by Gasteiger charge is -2.18. The number of hydrogen-bond acceptors (Lipinski definition) is 3. The first kappa shape index (κ1) is 13.5. The van der Waals surface area contributed by atoms with E-state index in [9.17, 15) is 15.3 Å². The molecule has 0 aliphatic rings. The second kappa shape index (κ2) is 5.66. The van der Waals surface area contributed by atoms with Crippen molar-refractivity contribution < 1.29 is 15.3 Å². The fourth-order valence-electron chi connectivity index (χ4n) is 1.65. The van der Waals surface area contributed by atoms with Crippen LogP contribution in [-0.4, -0.2) is 26.8 Å². The van der Waals surface area contributed by atoms with Crippen LogP contribution in [0.2, 0.25) is 0 Å². The summed E-state index contributed by atoms with van der Waals surface area (Å²) in [7, 11) is 0. The predicted molar refractivity (Wildman–Crippen MR) is 67.0 cm³/mol. The van der Waals surface area contributed by atoms with E-state index < -0.39 is 12.2 Å². The highest BCUT2D eigenvalue weighted by Gasteiger charge is 2.19. The van der Waals surface area contributed by atoms with Gasteiger partial charge in [-0.25, -0.2) is 0 Å². The molecule has 2 unspecified atom stereocenters. The summed E-state index contributed by atoms with van der Waals surface area (Å²) < 4.78 is 0. The van der Waals surface area contributed by atoms with Crippen molar-refractivity contribution in [2.24, 2.45) is 0 Å². The number of benzene rings is 1. The fraction of sp³-hybridized carbons (Fsp3) is 0.500. The zero-order valence-electron chi connectivity index (χ0n) is 9.44. The number of aliphatic hydroxyl groups excluding tert-OH is 2.